The molecule has 116 valence electrons. The van der Waals surface area contributed by atoms with Gasteiger partial charge in [0.1, 0.15) is 0 Å². The molecular formula is C15H17BrN4OS. The Balaban J connectivity index is 1.54. The quantitative estimate of drug-likeness (QED) is 0.885. The number of pyridine rings is 1. The van der Waals surface area contributed by atoms with Gasteiger partial charge in [-0.2, -0.15) is 0 Å². The number of hydrogen-bond donors (Lipinski definition) is 1. The summed E-state index contributed by atoms with van der Waals surface area (Å²) in [6.07, 6.45) is 7.37. The molecule has 22 heavy (non-hydrogen) atoms. The van der Waals surface area contributed by atoms with Gasteiger partial charge in [-0.3, -0.25) is 9.78 Å². The summed E-state index contributed by atoms with van der Waals surface area (Å²) in [4.78, 5) is 22.9. The summed E-state index contributed by atoms with van der Waals surface area (Å²) in [5, 5.41) is 6.10. The van der Waals surface area contributed by atoms with E-state index in [1.165, 1.54) is 0 Å². The first-order valence-electron chi connectivity index (χ1n) is 7.25. The Labute approximate surface area is 141 Å². The Hall–Kier alpha value is -1.47. The Bertz CT molecular complexity index is 634. The van der Waals surface area contributed by atoms with Gasteiger partial charge in [0.2, 0.25) is 0 Å². The van der Waals surface area contributed by atoms with E-state index in [1.807, 2.05) is 11.6 Å². The number of rotatable bonds is 4. The fourth-order valence-electron chi connectivity index (χ4n) is 2.65. The van der Waals surface area contributed by atoms with E-state index in [2.05, 4.69) is 36.1 Å². The normalized spacial score (nSPS) is 18.2. The predicted molar refractivity (Wildman–Crippen MR) is 91.3 cm³/mol. The molecule has 2 aromatic rings. The second kappa shape index (κ2) is 7.19. The van der Waals surface area contributed by atoms with E-state index < -0.39 is 0 Å². The molecule has 3 heterocycles. The number of aromatic nitrogens is 2. The summed E-state index contributed by atoms with van der Waals surface area (Å²) in [5.41, 5.74) is 0.585. The van der Waals surface area contributed by atoms with Gasteiger partial charge in [0.25, 0.3) is 5.91 Å². The zero-order valence-electron chi connectivity index (χ0n) is 12.0. The van der Waals surface area contributed by atoms with Crippen molar-refractivity contribution in [1.29, 1.82) is 0 Å². The molecule has 1 aliphatic rings. The summed E-state index contributed by atoms with van der Waals surface area (Å²) >= 11 is 5.00. The lowest BCUT2D eigenvalue weighted by atomic mass is 9.98. The van der Waals surface area contributed by atoms with Crippen LogP contribution >= 0.6 is 27.3 Å². The average molecular weight is 381 g/mol. The van der Waals surface area contributed by atoms with Crippen molar-refractivity contribution in [3.8, 4) is 0 Å². The van der Waals surface area contributed by atoms with Crippen molar-refractivity contribution in [3.05, 3.63) is 40.1 Å². The van der Waals surface area contributed by atoms with Crippen LogP contribution in [0.1, 0.15) is 23.2 Å². The van der Waals surface area contributed by atoms with Crippen LogP contribution in [0.4, 0.5) is 5.13 Å². The molecule has 0 spiro atoms. The molecule has 7 heteroatoms. The molecule has 5 nitrogen and oxygen atoms in total. The van der Waals surface area contributed by atoms with Crippen LogP contribution in [0, 0.1) is 5.92 Å². The van der Waals surface area contributed by atoms with E-state index in [1.54, 1.807) is 29.8 Å². The minimum Gasteiger partial charge on any atom is -0.352 e. The molecule has 1 amide bonds. The summed E-state index contributed by atoms with van der Waals surface area (Å²) in [6, 6.07) is 1.78. The van der Waals surface area contributed by atoms with E-state index in [4.69, 9.17) is 0 Å². The second-order valence-corrected chi connectivity index (χ2v) is 7.16. The van der Waals surface area contributed by atoms with Crippen molar-refractivity contribution in [2.45, 2.75) is 12.8 Å². The van der Waals surface area contributed by atoms with Gasteiger partial charge in [-0.1, -0.05) is 0 Å². The number of hydrogen-bond acceptors (Lipinski definition) is 5. The highest BCUT2D eigenvalue weighted by Gasteiger charge is 2.22. The molecule has 1 fully saturated rings. The number of piperidine rings is 1. The first kappa shape index (κ1) is 15.4. The van der Waals surface area contributed by atoms with Gasteiger partial charge >= 0.3 is 0 Å². The van der Waals surface area contributed by atoms with Crippen LogP contribution < -0.4 is 10.2 Å². The first-order chi connectivity index (χ1) is 10.7. The maximum atomic E-state index is 12.2. The SMILES string of the molecule is O=C(NC[C@H]1CCCN(c2nccs2)C1)c1cncc(Br)c1. The molecule has 1 atom stereocenters. The summed E-state index contributed by atoms with van der Waals surface area (Å²) < 4.78 is 0.813. The van der Waals surface area contributed by atoms with E-state index in [9.17, 15) is 4.79 Å². The Morgan fingerprint density at radius 2 is 2.41 bits per heavy atom. The van der Waals surface area contributed by atoms with Crippen molar-refractivity contribution in [2.24, 2.45) is 5.92 Å². The summed E-state index contributed by atoms with van der Waals surface area (Å²) in [6.45, 7) is 2.69. The second-order valence-electron chi connectivity index (χ2n) is 5.37. The smallest absolute Gasteiger partial charge is 0.252 e. The minimum atomic E-state index is -0.0693. The van der Waals surface area contributed by atoms with Crippen LogP contribution in [-0.4, -0.2) is 35.5 Å². The van der Waals surface area contributed by atoms with Crippen molar-refractivity contribution in [2.75, 3.05) is 24.5 Å². The number of carbonyl (C=O) groups excluding carboxylic acids is 1. The third kappa shape index (κ3) is 3.84. The van der Waals surface area contributed by atoms with Crippen molar-refractivity contribution >= 4 is 38.3 Å². The van der Waals surface area contributed by atoms with Gasteiger partial charge in [0, 0.05) is 48.1 Å². The monoisotopic (exact) mass is 380 g/mol. The van der Waals surface area contributed by atoms with Crippen LogP contribution in [0.15, 0.2) is 34.5 Å². The van der Waals surface area contributed by atoms with Crippen LogP contribution in [0.3, 0.4) is 0 Å². The molecule has 0 saturated carbocycles. The van der Waals surface area contributed by atoms with E-state index in [0.717, 1.165) is 35.5 Å². The summed E-state index contributed by atoms with van der Waals surface area (Å²) in [7, 11) is 0. The number of nitrogens with zero attached hydrogens (tertiary/aromatic N) is 3. The molecule has 0 unspecified atom stereocenters. The van der Waals surface area contributed by atoms with Crippen LogP contribution in [-0.2, 0) is 0 Å². The largest absolute Gasteiger partial charge is 0.352 e. The zero-order valence-corrected chi connectivity index (χ0v) is 14.4. The number of carbonyl (C=O) groups is 1. The number of nitrogens with one attached hydrogen (secondary N) is 1. The molecule has 2 aromatic heterocycles. The molecule has 1 N–H and O–H groups in total. The average Bonchev–Trinajstić information content (AvgIpc) is 3.07. The van der Waals surface area contributed by atoms with Crippen LogP contribution in [0.2, 0.25) is 0 Å². The Kier molecular flexibility index (Phi) is 5.04. The minimum absolute atomic E-state index is 0.0693. The van der Waals surface area contributed by atoms with Gasteiger partial charge in [0.15, 0.2) is 5.13 Å². The maximum Gasteiger partial charge on any atom is 0.252 e. The zero-order chi connectivity index (χ0) is 15.4. The predicted octanol–water partition coefficient (Wildman–Crippen LogP) is 2.95. The molecule has 0 bridgehead atoms. The molecule has 3 rings (SSSR count). The highest BCUT2D eigenvalue weighted by atomic mass is 79.9. The molecule has 0 radical (unpaired) electrons. The maximum absolute atomic E-state index is 12.2. The standard InChI is InChI=1S/C15H17BrN4OS/c16-13-6-12(8-17-9-13)14(21)19-7-11-2-1-4-20(10-11)15-18-3-5-22-15/h3,5-6,8-9,11H,1-2,4,7,10H2,(H,19,21)/t11-/m1/s1. The molecule has 0 aromatic carbocycles. The van der Waals surface area contributed by atoms with E-state index in [-0.39, 0.29) is 5.91 Å². The van der Waals surface area contributed by atoms with Gasteiger partial charge in [-0.25, -0.2) is 4.98 Å². The van der Waals surface area contributed by atoms with Gasteiger partial charge in [0.05, 0.1) is 5.56 Å². The molecule has 1 aliphatic heterocycles. The lowest BCUT2D eigenvalue weighted by Crippen LogP contribution is -2.41. The topological polar surface area (TPSA) is 58.1 Å². The number of anilines is 1. The van der Waals surface area contributed by atoms with E-state index in [0.29, 0.717) is 18.0 Å². The van der Waals surface area contributed by atoms with E-state index >= 15 is 0 Å². The lowest BCUT2D eigenvalue weighted by molar-refractivity contribution is 0.0945. The first-order valence-corrected chi connectivity index (χ1v) is 8.93. The number of thiazole rings is 1. The third-order valence-electron chi connectivity index (χ3n) is 3.73. The van der Waals surface area contributed by atoms with Crippen molar-refractivity contribution in [3.63, 3.8) is 0 Å². The van der Waals surface area contributed by atoms with Crippen molar-refractivity contribution in [1.82, 2.24) is 15.3 Å². The molecular weight excluding hydrogens is 364 g/mol. The number of amides is 1. The van der Waals surface area contributed by atoms with Gasteiger partial charge in [-0.05, 0) is 40.8 Å². The van der Waals surface area contributed by atoms with Crippen LogP contribution in [0.5, 0.6) is 0 Å². The lowest BCUT2D eigenvalue weighted by Gasteiger charge is -2.32. The fraction of sp³-hybridized carbons (Fsp3) is 0.400. The third-order valence-corrected chi connectivity index (χ3v) is 4.99. The number of halogens is 1. The molecule has 1 saturated heterocycles. The van der Waals surface area contributed by atoms with Crippen LogP contribution in [0.25, 0.3) is 0 Å². The van der Waals surface area contributed by atoms with Gasteiger partial charge in [-0.15, -0.1) is 11.3 Å². The highest BCUT2D eigenvalue weighted by molar-refractivity contribution is 9.10. The summed E-state index contributed by atoms with van der Waals surface area (Å²) in [5.74, 6) is 0.391. The highest BCUT2D eigenvalue weighted by Crippen LogP contribution is 2.24. The van der Waals surface area contributed by atoms with Gasteiger partial charge < -0.3 is 10.2 Å². The van der Waals surface area contributed by atoms with Crippen molar-refractivity contribution < 1.29 is 4.79 Å². The Morgan fingerprint density at radius 1 is 1.50 bits per heavy atom. The fourth-order valence-corrected chi connectivity index (χ4v) is 3.70. The Morgan fingerprint density at radius 3 is 3.18 bits per heavy atom. The molecule has 0 aliphatic carbocycles.